The van der Waals surface area contributed by atoms with Crippen LogP contribution in [0.2, 0.25) is 0 Å². The van der Waals surface area contributed by atoms with Gasteiger partial charge in [-0.2, -0.15) is 0 Å². The van der Waals surface area contributed by atoms with E-state index in [-0.39, 0.29) is 6.04 Å². The minimum Gasteiger partial charge on any atom is -0.380 e. The van der Waals surface area contributed by atoms with Gasteiger partial charge in [-0.15, -0.1) is 0 Å². The van der Waals surface area contributed by atoms with Gasteiger partial charge in [0, 0.05) is 31.9 Å². The number of benzene rings is 1. The summed E-state index contributed by atoms with van der Waals surface area (Å²) in [5.74, 6) is 0. The third-order valence-electron chi connectivity index (χ3n) is 3.50. The molecule has 0 saturated carbocycles. The lowest BCUT2D eigenvalue weighted by Gasteiger charge is -2.33. The van der Waals surface area contributed by atoms with E-state index in [1.54, 1.807) is 7.11 Å². The Morgan fingerprint density at radius 3 is 2.65 bits per heavy atom. The average Bonchev–Trinajstić information content (AvgIpc) is 2.39. The number of hydrogen-bond donors (Lipinski definition) is 1. The summed E-state index contributed by atoms with van der Waals surface area (Å²) in [6.45, 7) is 4.13. The van der Waals surface area contributed by atoms with Crippen LogP contribution in [-0.2, 0) is 4.74 Å². The Bertz CT molecular complexity index is 348. The monoisotopic (exact) mass is 234 g/mol. The van der Waals surface area contributed by atoms with Crippen LogP contribution in [0.4, 0.5) is 5.69 Å². The molecule has 1 unspecified atom stereocenters. The number of anilines is 1. The maximum atomic E-state index is 5.85. The zero-order chi connectivity index (χ0) is 12.3. The van der Waals surface area contributed by atoms with Gasteiger partial charge in [-0.3, -0.25) is 0 Å². The molecule has 0 aromatic heterocycles. The average molecular weight is 234 g/mol. The van der Waals surface area contributed by atoms with Gasteiger partial charge in [0.25, 0.3) is 0 Å². The van der Waals surface area contributed by atoms with E-state index in [0.717, 1.165) is 13.1 Å². The second-order valence-corrected chi connectivity index (χ2v) is 4.83. The highest BCUT2D eigenvalue weighted by molar-refractivity contribution is 5.48. The number of nitrogens with zero attached hydrogens (tertiary/aromatic N) is 1. The summed E-state index contributed by atoms with van der Waals surface area (Å²) in [5.41, 5.74) is 8.32. The molecule has 0 amide bonds. The van der Waals surface area contributed by atoms with E-state index in [2.05, 4.69) is 29.2 Å². The molecule has 94 valence electrons. The van der Waals surface area contributed by atoms with E-state index in [1.165, 1.54) is 24.1 Å². The summed E-state index contributed by atoms with van der Waals surface area (Å²) in [6, 6.07) is 8.68. The van der Waals surface area contributed by atoms with Crippen LogP contribution in [0.15, 0.2) is 24.3 Å². The molecule has 1 aliphatic rings. The van der Waals surface area contributed by atoms with E-state index < -0.39 is 0 Å². The number of rotatable bonds is 3. The van der Waals surface area contributed by atoms with Crippen LogP contribution in [0, 0.1) is 0 Å². The predicted octanol–water partition coefficient (Wildman–Crippen LogP) is 2.32. The molecule has 1 aromatic carbocycles. The molecule has 17 heavy (non-hydrogen) atoms. The molecule has 1 heterocycles. The Morgan fingerprint density at radius 2 is 2.06 bits per heavy atom. The molecule has 3 nitrogen and oxygen atoms in total. The molecule has 1 aromatic rings. The summed E-state index contributed by atoms with van der Waals surface area (Å²) < 4.78 is 5.44. The Morgan fingerprint density at radius 1 is 1.35 bits per heavy atom. The van der Waals surface area contributed by atoms with Crippen LogP contribution in [-0.4, -0.2) is 26.3 Å². The first-order valence-electron chi connectivity index (χ1n) is 6.34. The highest BCUT2D eigenvalue weighted by atomic mass is 16.5. The minimum absolute atomic E-state index is 0.108. The van der Waals surface area contributed by atoms with Gasteiger partial charge in [0.1, 0.15) is 0 Å². The van der Waals surface area contributed by atoms with Gasteiger partial charge in [-0.05, 0) is 37.5 Å². The first-order valence-corrected chi connectivity index (χ1v) is 6.34. The van der Waals surface area contributed by atoms with Crippen molar-refractivity contribution in [1.82, 2.24) is 0 Å². The quantitative estimate of drug-likeness (QED) is 0.872. The van der Waals surface area contributed by atoms with Gasteiger partial charge < -0.3 is 15.4 Å². The van der Waals surface area contributed by atoms with Gasteiger partial charge >= 0.3 is 0 Å². The molecular formula is C14H22N2O. The van der Waals surface area contributed by atoms with Crippen molar-refractivity contribution in [3.63, 3.8) is 0 Å². The molecule has 1 aliphatic heterocycles. The van der Waals surface area contributed by atoms with Crippen LogP contribution in [0.3, 0.4) is 0 Å². The van der Waals surface area contributed by atoms with Crippen molar-refractivity contribution in [3.05, 3.63) is 29.8 Å². The lowest BCUT2D eigenvalue weighted by molar-refractivity contribution is 0.0893. The zero-order valence-electron chi connectivity index (χ0n) is 10.7. The molecular weight excluding hydrogens is 212 g/mol. The Hall–Kier alpha value is -1.06. The molecule has 2 rings (SSSR count). The number of methoxy groups -OCH3 is 1. The molecule has 1 fully saturated rings. The van der Waals surface area contributed by atoms with Crippen LogP contribution in [0.1, 0.15) is 31.4 Å². The molecule has 0 aliphatic carbocycles. The van der Waals surface area contributed by atoms with Crippen LogP contribution >= 0.6 is 0 Å². The number of ether oxygens (including phenoxy) is 1. The maximum Gasteiger partial charge on any atom is 0.0746 e. The SMILES string of the molecule is COC1CCCN(c2ccc([C@@H](C)N)cc2)C1. The zero-order valence-corrected chi connectivity index (χ0v) is 10.7. The van der Waals surface area contributed by atoms with Gasteiger partial charge in [0.2, 0.25) is 0 Å². The highest BCUT2D eigenvalue weighted by Gasteiger charge is 2.19. The number of piperidine rings is 1. The van der Waals surface area contributed by atoms with Gasteiger partial charge in [0.05, 0.1) is 6.10 Å². The fourth-order valence-corrected chi connectivity index (χ4v) is 2.35. The van der Waals surface area contributed by atoms with Crippen LogP contribution in [0.5, 0.6) is 0 Å². The van der Waals surface area contributed by atoms with Crippen LogP contribution in [0.25, 0.3) is 0 Å². The molecule has 3 heteroatoms. The van der Waals surface area contributed by atoms with E-state index in [4.69, 9.17) is 10.5 Å². The second kappa shape index (κ2) is 5.52. The van der Waals surface area contributed by atoms with Crippen molar-refractivity contribution in [1.29, 1.82) is 0 Å². The van der Waals surface area contributed by atoms with E-state index >= 15 is 0 Å². The Balaban J connectivity index is 2.06. The summed E-state index contributed by atoms with van der Waals surface area (Å²) >= 11 is 0. The third kappa shape index (κ3) is 2.99. The second-order valence-electron chi connectivity index (χ2n) is 4.83. The van der Waals surface area contributed by atoms with E-state index in [1.807, 2.05) is 6.92 Å². The fourth-order valence-electron chi connectivity index (χ4n) is 2.35. The molecule has 0 bridgehead atoms. The number of hydrogen-bond acceptors (Lipinski definition) is 3. The van der Waals surface area contributed by atoms with Crippen molar-refractivity contribution >= 4 is 5.69 Å². The van der Waals surface area contributed by atoms with Crippen molar-refractivity contribution in [2.24, 2.45) is 5.73 Å². The third-order valence-corrected chi connectivity index (χ3v) is 3.50. The van der Waals surface area contributed by atoms with Crippen LogP contribution < -0.4 is 10.6 Å². The first kappa shape index (κ1) is 12.4. The Kier molecular flexibility index (Phi) is 4.02. The molecule has 0 radical (unpaired) electrons. The number of nitrogens with two attached hydrogens (primary N) is 1. The molecule has 2 N–H and O–H groups in total. The molecule has 2 atom stereocenters. The minimum atomic E-state index is 0.108. The largest absolute Gasteiger partial charge is 0.380 e. The summed E-state index contributed by atoms with van der Waals surface area (Å²) in [5, 5.41) is 0. The van der Waals surface area contributed by atoms with Crippen molar-refractivity contribution in [2.45, 2.75) is 31.9 Å². The summed E-state index contributed by atoms with van der Waals surface area (Å²) in [7, 11) is 1.80. The van der Waals surface area contributed by atoms with E-state index in [0.29, 0.717) is 6.10 Å². The first-order chi connectivity index (χ1) is 8.20. The smallest absolute Gasteiger partial charge is 0.0746 e. The highest BCUT2D eigenvalue weighted by Crippen LogP contribution is 2.22. The van der Waals surface area contributed by atoms with Crippen molar-refractivity contribution < 1.29 is 4.74 Å². The Labute approximate surface area is 104 Å². The maximum absolute atomic E-state index is 5.85. The lowest BCUT2D eigenvalue weighted by atomic mass is 10.1. The topological polar surface area (TPSA) is 38.5 Å². The van der Waals surface area contributed by atoms with Gasteiger partial charge in [-0.1, -0.05) is 12.1 Å². The van der Waals surface area contributed by atoms with Gasteiger partial charge in [-0.25, -0.2) is 0 Å². The van der Waals surface area contributed by atoms with Crippen molar-refractivity contribution in [3.8, 4) is 0 Å². The summed E-state index contributed by atoms with van der Waals surface area (Å²) in [4.78, 5) is 2.39. The standard InChI is InChI=1S/C14H22N2O/c1-11(15)12-5-7-13(8-6-12)16-9-3-4-14(10-16)17-2/h5-8,11,14H,3-4,9-10,15H2,1-2H3/t11-,14?/m1/s1. The lowest BCUT2D eigenvalue weighted by Crippen LogP contribution is -2.39. The molecule has 1 saturated heterocycles. The predicted molar refractivity (Wildman–Crippen MR) is 71.3 cm³/mol. The molecule has 0 spiro atoms. The fraction of sp³-hybridized carbons (Fsp3) is 0.571. The van der Waals surface area contributed by atoms with E-state index in [9.17, 15) is 0 Å². The van der Waals surface area contributed by atoms with Gasteiger partial charge in [0.15, 0.2) is 0 Å². The van der Waals surface area contributed by atoms with Crippen molar-refractivity contribution in [2.75, 3.05) is 25.1 Å². The summed E-state index contributed by atoms with van der Waals surface area (Å²) in [6.07, 6.45) is 2.75. The normalized spacial score (nSPS) is 22.5.